The van der Waals surface area contributed by atoms with Gasteiger partial charge in [0.05, 0.1) is 10.7 Å². The first kappa shape index (κ1) is 11.5. The van der Waals surface area contributed by atoms with Crippen LogP contribution in [0.1, 0.15) is 5.56 Å². The molecule has 0 bridgehead atoms. The summed E-state index contributed by atoms with van der Waals surface area (Å²) < 4.78 is 13.0. The van der Waals surface area contributed by atoms with Crippen LogP contribution in [0.4, 0.5) is 14.9 Å². The molecule has 0 unspecified atom stereocenters. The highest BCUT2D eigenvalue weighted by atomic mass is 19.1. The van der Waals surface area contributed by atoms with Gasteiger partial charge in [0.25, 0.3) is 0 Å². The lowest BCUT2D eigenvalue weighted by Gasteiger charge is -2.05. The van der Waals surface area contributed by atoms with Gasteiger partial charge in [-0.25, -0.2) is 9.18 Å². The summed E-state index contributed by atoms with van der Waals surface area (Å²) in [4.78, 5) is 18.5. The fourth-order valence-electron chi connectivity index (χ4n) is 1.90. The SMILES string of the molecule is O=C1N=c2ccc(NCc3cccc(F)c3)cc2=N1. The summed E-state index contributed by atoms with van der Waals surface area (Å²) in [7, 11) is 0. The van der Waals surface area contributed by atoms with Crippen molar-refractivity contribution in [2.24, 2.45) is 9.98 Å². The van der Waals surface area contributed by atoms with E-state index in [-0.39, 0.29) is 5.82 Å². The normalized spacial score (nSPS) is 12.6. The van der Waals surface area contributed by atoms with Gasteiger partial charge in [0, 0.05) is 12.2 Å². The first-order valence-corrected chi connectivity index (χ1v) is 5.80. The highest BCUT2D eigenvalue weighted by Gasteiger charge is 2.05. The summed E-state index contributed by atoms with van der Waals surface area (Å²) in [6.07, 6.45) is 0. The number of fused-ring (bicyclic) bond motifs is 1. The average molecular weight is 255 g/mol. The molecule has 0 aliphatic carbocycles. The largest absolute Gasteiger partial charge is 0.381 e. The second kappa shape index (κ2) is 4.61. The van der Waals surface area contributed by atoms with Crippen LogP contribution < -0.4 is 16.0 Å². The summed E-state index contributed by atoms with van der Waals surface area (Å²) in [5, 5.41) is 4.30. The van der Waals surface area contributed by atoms with Gasteiger partial charge in [-0.05, 0) is 35.9 Å². The average Bonchev–Trinajstić information content (AvgIpc) is 2.75. The van der Waals surface area contributed by atoms with Crippen LogP contribution >= 0.6 is 0 Å². The van der Waals surface area contributed by atoms with E-state index in [1.165, 1.54) is 12.1 Å². The van der Waals surface area contributed by atoms with Gasteiger partial charge < -0.3 is 5.32 Å². The van der Waals surface area contributed by atoms with Crippen LogP contribution in [-0.2, 0) is 6.54 Å². The Hall–Kier alpha value is -2.56. The van der Waals surface area contributed by atoms with E-state index < -0.39 is 6.03 Å². The highest BCUT2D eigenvalue weighted by Crippen LogP contribution is 2.07. The van der Waals surface area contributed by atoms with Crippen molar-refractivity contribution in [3.63, 3.8) is 0 Å². The molecule has 0 aromatic heterocycles. The fourth-order valence-corrected chi connectivity index (χ4v) is 1.90. The molecule has 0 spiro atoms. The van der Waals surface area contributed by atoms with Crippen molar-refractivity contribution in [1.29, 1.82) is 0 Å². The molecule has 0 atom stereocenters. The molecule has 0 radical (unpaired) electrons. The lowest BCUT2D eigenvalue weighted by molar-refractivity contribution is 0.256. The maximum atomic E-state index is 13.0. The zero-order valence-corrected chi connectivity index (χ0v) is 9.93. The smallest absolute Gasteiger partial charge is 0.368 e. The standard InChI is InChI=1S/C14H10FN3O/c15-10-3-1-2-9(6-10)8-16-11-4-5-12-13(7-11)18-14(19)17-12/h1-7,16H,8H2. The molecule has 19 heavy (non-hydrogen) atoms. The zero-order chi connectivity index (χ0) is 13.2. The Bertz CT molecular complexity index is 771. The first-order valence-electron chi connectivity index (χ1n) is 5.80. The third-order valence-corrected chi connectivity index (χ3v) is 2.79. The number of halogens is 1. The van der Waals surface area contributed by atoms with Crippen LogP contribution in [0.5, 0.6) is 0 Å². The van der Waals surface area contributed by atoms with Gasteiger partial charge in [-0.2, -0.15) is 9.98 Å². The van der Waals surface area contributed by atoms with E-state index in [1.54, 1.807) is 18.2 Å². The predicted octanol–water partition coefficient (Wildman–Crippen LogP) is 1.81. The molecule has 2 aromatic rings. The van der Waals surface area contributed by atoms with Crippen molar-refractivity contribution in [3.05, 3.63) is 64.6 Å². The van der Waals surface area contributed by atoms with Crippen LogP contribution in [0.15, 0.2) is 52.4 Å². The fraction of sp³-hybridized carbons (Fsp3) is 0.0714. The van der Waals surface area contributed by atoms with Crippen molar-refractivity contribution in [1.82, 2.24) is 0 Å². The topological polar surface area (TPSA) is 53.8 Å². The van der Waals surface area contributed by atoms with Gasteiger partial charge in [0.15, 0.2) is 0 Å². The van der Waals surface area contributed by atoms with Crippen molar-refractivity contribution in [2.75, 3.05) is 5.32 Å². The van der Waals surface area contributed by atoms with E-state index in [1.807, 2.05) is 12.1 Å². The lowest BCUT2D eigenvalue weighted by Crippen LogP contribution is -2.21. The van der Waals surface area contributed by atoms with Gasteiger partial charge in [-0.3, -0.25) is 0 Å². The number of hydrogen-bond acceptors (Lipinski definition) is 2. The van der Waals surface area contributed by atoms with Crippen LogP contribution in [-0.4, -0.2) is 6.03 Å². The number of nitrogens with zero attached hydrogens (tertiary/aromatic N) is 2. The van der Waals surface area contributed by atoms with Crippen molar-refractivity contribution in [2.45, 2.75) is 6.54 Å². The summed E-state index contributed by atoms with van der Waals surface area (Å²) in [6.45, 7) is 0.502. The molecular weight excluding hydrogens is 245 g/mol. The molecule has 1 N–H and O–H groups in total. The van der Waals surface area contributed by atoms with Gasteiger partial charge in [0.1, 0.15) is 5.82 Å². The molecule has 2 aromatic carbocycles. The van der Waals surface area contributed by atoms with E-state index in [0.717, 1.165) is 11.3 Å². The van der Waals surface area contributed by atoms with Crippen LogP contribution in [0.25, 0.3) is 0 Å². The Morgan fingerprint density at radius 2 is 1.89 bits per heavy atom. The Labute approximate surface area is 108 Å². The van der Waals surface area contributed by atoms with Crippen molar-refractivity contribution < 1.29 is 9.18 Å². The second-order valence-electron chi connectivity index (χ2n) is 4.19. The molecule has 0 saturated heterocycles. The first-order chi connectivity index (χ1) is 9.20. The van der Waals surface area contributed by atoms with Crippen LogP contribution in [0.3, 0.4) is 0 Å². The number of urea groups is 1. The number of rotatable bonds is 3. The third kappa shape index (κ3) is 2.49. The molecule has 3 rings (SSSR count). The van der Waals surface area contributed by atoms with Crippen LogP contribution in [0, 0.1) is 5.82 Å². The minimum absolute atomic E-state index is 0.257. The number of carbonyl (C=O) groups excluding carboxylic acids is 1. The second-order valence-corrected chi connectivity index (χ2v) is 4.19. The Kier molecular flexibility index (Phi) is 2.79. The molecule has 0 saturated carbocycles. The number of carbonyl (C=O) groups is 1. The van der Waals surface area contributed by atoms with E-state index in [0.29, 0.717) is 17.3 Å². The zero-order valence-electron chi connectivity index (χ0n) is 9.93. The molecule has 4 nitrogen and oxygen atoms in total. The molecule has 1 aliphatic heterocycles. The molecular formula is C14H10FN3O. The number of nitrogens with one attached hydrogen (secondary N) is 1. The quantitative estimate of drug-likeness (QED) is 0.909. The van der Waals surface area contributed by atoms with E-state index in [4.69, 9.17) is 0 Å². The molecule has 1 heterocycles. The monoisotopic (exact) mass is 255 g/mol. The molecule has 94 valence electrons. The maximum absolute atomic E-state index is 13.0. The number of hydrogen-bond donors (Lipinski definition) is 1. The van der Waals surface area contributed by atoms with Crippen LogP contribution in [0.2, 0.25) is 0 Å². The van der Waals surface area contributed by atoms with Gasteiger partial charge >= 0.3 is 6.03 Å². The Morgan fingerprint density at radius 3 is 2.74 bits per heavy atom. The Balaban J connectivity index is 1.79. The summed E-state index contributed by atoms with van der Waals surface area (Å²) in [6, 6.07) is 11.2. The number of benzene rings is 2. The molecule has 1 aliphatic rings. The molecule has 0 fully saturated rings. The maximum Gasteiger partial charge on any atom is 0.368 e. The minimum Gasteiger partial charge on any atom is -0.381 e. The van der Waals surface area contributed by atoms with E-state index in [9.17, 15) is 9.18 Å². The van der Waals surface area contributed by atoms with E-state index in [2.05, 4.69) is 15.3 Å². The minimum atomic E-state index is -0.475. The lowest BCUT2D eigenvalue weighted by atomic mass is 10.2. The van der Waals surface area contributed by atoms with Crippen molar-refractivity contribution in [3.8, 4) is 0 Å². The number of amides is 2. The number of anilines is 1. The summed E-state index contributed by atoms with van der Waals surface area (Å²) in [5.74, 6) is -0.257. The highest BCUT2D eigenvalue weighted by molar-refractivity contribution is 5.77. The van der Waals surface area contributed by atoms with Gasteiger partial charge in [0.2, 0.25) is 0 Å². The Morgan fingerprint density at radius 1 is 1.05 bits per heavy atom. The third-order valence-electron chi connectivity index (χ3n) is 2.79. The summed E-state index contributed by atoms with van der Waals surface area (Å²) in [5.41, 5.74) is 1.66. The van der Waals surface area contributed by atoms with E-state index >= 15 is 0 Å². The van der Waals surface area contributed by atoms with Gasteiger partial charge in [-0.15, -0.1) is 0 Å². The molecule has 2 amide bonds. The van der Waals surface area contributed by atoms with Crippen molar-refractivity contribution >= 4 is 11.7 Å². The predicted molar refractivity (Wildman–Crippen MR) is 67.9 cm³/mol. The molecule has 5 heteroatoms. The van der Waals surface area contributed by atoms with Gasteiger partial charge in [-0.1, -0.05) is 12.1 Å². The summed E-state index contributed by atoms with van der Waals surface area (Å²) >= 11 is 0.